The summed E-state index contributed by atoms with van der Waals surface area (Å²) in [5, 5.41) is 0. The van der Waals surface area contributed by atoms with Crippen molar-refractivity contribution in [3.63, 3.8) is 0 Å². The van der Waals surface area contributed by atoms with Crippen molar-refractivity contribution in [3.05, 3.63) is 95.8 Å². The van der Waals surface area contributed by atoms with E-state index >= 15 is 4.39 Å². The fourth-order valence-corrected chi connectivity index (χ4v) is 5.08. The van der Waals surface area contributed by atoms with Crippen molar-refractivity contribution < 1.29 is 13.2 Å². The molecule has 1 aliphatic carbocycles. The number of hydrogen-bond acceptors (Lipinski definition) is 0. The van der Waals surface area contributed by atoms with Gasteiger partial charge in [-0.25, -0.2) is 13.2 Å². The molecular formula is C30H31F3. The smallest absolute Gasteiger partial charge is 0.166 e. The molecule has 0 saturated heterocycles. The highest BCUT2D eigenvalue weighted by molar-refractivity contribution is 5.71. The van der Waals surface area contributed by atoms with Gasteiger partial charge in [0.2, 0.25) is 0 Å². The van der Waals surface area contributed by atoms with Gasteiger partial charge >= 0.3 is 0 Å². The lowest BCUT2D eigenvalue weighted by Crippen LogP contribution is -2.14. The fraction of sp³-hybridized carbons (Fsp3) is 0.333. The minimum absolute atomic E-state index is 0.158. The van der Waals surface area contributed by atoms with E-state index in [9.17, 15) is 8.78 Å². The van der Waals surface area contributed by atoms with Crippen LogP contribution in [0, 0.1) is 23.4 Å². The van der Waals surface area contributed by atoms with E-state index in [1.807, 2.05) is 30.3 Å². The molecule has 1 saturated carbocycles. The van der Waals surface area contributed by atoms with E-state index in [0.717, 1.165) is 54.7 Å². The molecule has 0 radical (unpaired) electrons. The lowest BCUT2D eigenvalue weighted by Gasteiger charge is -2.29. The van der Waals surface area contributed by atoms with Crippen LogP contribution in [0.25, 0.3) is 22.3 Å². The monoisotopic (exact) mass is 448 g/mol. The minimum Gasteiger partial charge on any atom is -0.207 e. The van der Waals surface area contributed by atoms with Crippen LogP contribution in [0.4, 0.5) is 13.2 Å². The number of rotatable bonds is 7. The van der Waals surface area contributed by atoms with Crippen LogP contribution < -0.4 is 0 Å². The second-order valence-electron chi connectivity index (χ2n) is 9.15. The van der Waals surface area contributed by atoms with E-state index in [4.69, 9.17) is 0 Å². The predicted molar refractivity (Wildman–Crippen MR) is 131 cm³/mol. The second-order valence-corrected chi connectivity index (χ2v) is 9.15. The quantitative estimate of drug-likeness (QED) is 0.316. The molecule has 33 heavy (non-hydrogen) atoms. The normalized spacial score (nSPS) is 18.3. The van der Waals surface area contributed by atoms with Gasteiger partial charge in [0, 0.05) is 5.56 Å². The van der Waals surface area contributed by atoms with E-state index in [0.29, 0.717) is 17.5 Å². The Morgan fingerprint density at radius 3 is 2.12 bits per heavy atom. The summed E-state index contributed by atoms with van der Waals surface area (Å²) >= 11 is 0. The van der Waals surface area contributed by atoms with Crippen LogP contribution in [0.2, 0.25) is 0 Å². The van der Waals surface area contributed by atoms with Gasteiger partial charge in [0.1, 0.15) is 5.82 Å². The van der Waals surface area contributed by atoms with E-state index in [2.05, 4.69) is 6.58 Å². The molecule has 0 aliphatic heterocycles. The summed E-state index contributed by atoms with van der Waals surface area (Å²) in [7, 11) is 0. The van der Waals surface area contributed by atoms with Crippen molar-refractivity contribution in [2.75, 3.05) is 0 Å². The molecule has 1 fully saturated rings. The summed E-state index contributed by atoms with van der Waals surface area (Å²) in [6.45, 7) is 5.60. The highest BCUT2D eigenvalue weighted by atomic mass is 19.2. The maximum Gasteiger partial charge on any atom is 0.166 e. The first-order valence-electron chi connectivity index (χ1n) is 12.0. The van der Waals surface area contributed by atoms with E-state index in [-0.39, 0.29) is 17.3 Å². The first-order chi connectivity index (χ1) is 16.0. The van der Waals surface area contributed by atoms with Crippen molar-refractivity contribution in [1.82, 2.24) is 0 Å². The average molecular weight is 449 g/mol. The maximum atomic E-state index is 15.0. The van der Waals surface area contributed by atoms with Crippen molar-refractivity contribution >= 4 is 0 Å². The highest BCUT2D eigenvalue weighted by Crippen LogP contribution is 2.39. The summed E-state index contributed by atoms with van der Waals surface area (Å²) in [6, 6.07) is 15.9. The van der Waals surface area contributed by atoms with Crippen LogP contribution in [0.1, 0.15) is 62.5 Å². The topological polar surface area (TPSA) is 0 Å². The van der Waals surface area contributed by atoms with Gasteiger partial charge in [0.25, 0.3) is 0 Å². The van der Waals surface area contributed by atoms with Crippen molar-refractivity contribution in [1.29, 1.82) is 0 Å². The van der Waals surface area contributed by atoms with Gasteiger partial charge in [-0.1, -0.05) is 61.5 Å². The molecule has 0 spiro atoms. The van der Waals surface area contributed by atoms with Gasteiger partial charge in [-0.15, -0.1) is 6.58 Å². The third kappa shape index (κ3) is 5.08. The van der Waals surface area contributed by atoms with Gasteiger partial charge < -0.3 is 0 Å². The summed E-state index contributed by atoms with van der Waals surface area (Å²) < 4.78 is 43.7. The van der Waals surface area contributed by atoms with Crippen LogP contribution in [-0.4, -0.2) is 0 Å². The molecule has 0 aromatic heterocycles. The number of halogens is 3. The van der Waals surface area contributed by atoms with Crippen LogP contribution in [-0.2, 0) is 6.42 Å². The third-order valence-corrected chi connectivity index (χ3v) is 7.14. The Labute approximate surface area is 195 Å². The van der Waals surface area contributed by atoms with Gasteiger partial charge in [-0.05, 0) is 90.7 Å². The summed E-state index contributed by atoms with van der Waals surface area (Å²) in [5.74, 6) is -0.750. The largest absolute Gasteiger partial charge is 0.207 e. The number of hydrogen-bond donors (Lipinski definition) is 0. The van der Waals surface area contributed by atoms with E-state index < -0.39 is 11.6 Å². The molecule has 0 atom stereocenters. The lowest BCUT2D eigenvalue weighted by molar-refractivity contribution is 0.308. The summed E-state index contributed by atoms with van der Waals surface area (Å²) in [5.41, 5.74) is 3.66. The second kappa shape index (κ2) is 10.4. The lowest BCUT2D eigenvalue weighted by atomic mass is 9.77. The molecule has 3 heteroatoms. The molecule has 3 aromatic carbocycles. The molecule has 1 aliphatic rings. The van der Waals surface area contributed by atoms with Gasteiger partial charge in [0.15, 0.2) is 11.6 Å². The first kappa shape index (κ1) is 23.4. The van der Waals surface area contributed by atoms with Crippen molar-refractivity contribution in [3.8, 4) is 22.3 Å². The van der Waals surface area contributed by atoms with Crippen LogP contribution in [0.5, 0.6) is 0 Å². The van der Waals surface area contributed by atoms with Crippen LogP contribution >= 0.6 is 0 Å². The first-order valence-corrected chi connectivity index (χ1v) is 12.0. The fourth-order valence-electron chi connectivity index (χ4n) is 5.08. The molecular weight excluding hydrogens is 417 g/mol. The Kier molecular flexibility index (Phi) is 7.37. The van der Waals surface area contributed by atoms with Gasteiger partial charge in [0.05, 0.1) is 0 Å². The van der Waals surface area contributed by atoms with Crippen LogP contribution in [0.15, 0.2) is 67.3 Å². The Morgan fingerprint density at radius 2 is 1.48 bits per heavy atom. The zero-order chi connectivity index (χ0) is 23.4. The van der Waals surface area contributed by atoms with Crippen molar-refractivity contribution in [2.45, 2.75) is 57.8 Å². The Bertz CT molecular complexity index is 1110. The molecule has 0 N–H and O–H groups in total. The summed E-state index contributed by atoms with van der Waals surface area (Å²) in [4.78, 5) is 0. The molecule has 0 unspecified atom stereocenters. The van der Waals surface area contributed by atoms with Crippen molar-refractivity contribution in [2.24, 2.45) is 5.92 Å². The van der Waals surface area contributed by atoms with Gasteiger partial charge in [-0.3, -0.25) is 0 Å². The Morgan fingerprint density at radius 1 is 0.818 bits per heavy atom. The molecule has 0 bridgehead atoms. The third-order valence-electron chi connectivity index (χ3n) is 7.14. The molecule has 0 nitrogen and oxygen atoms in total. The zero-order valence-electron chi connectivity index (χ0n) is 19.2. The predicted octanol–water partition coefficient (Wildman–Crippen LogP) is 9.24. The van der Waals surface area contributed by atoms with E-state index in [1.165, 1.54) is 6.42 Å². The SMILES string of the molecule is C=CCCC1CCC(c2ccc(-c3ccc(-c4ccc(CC)c(F)c4F)cc3)cc2F)CC1. The number of allylic oxidation sites excluding steroid dienone is 1. The van der Waals surface area contributed by atoms with E-state index in [1.54, 1.807) is 37.3 Å². The van der Waals surface area contributed by atoms with Gasteiger partial charge in [-0.2, -0.15) is 0 Å². The summed E-state index contributed by atoms with van der Waals surface area (Å²) in [6.07, 6.45) is 9.04. The minimum atomic E-state index is -0.822. The highest BCUT2D eigenvalue weighted by Gasteiger charge is 2.24. The molecule has 0 amide bonds. The molecule has 172 valence electrons. The number of aryl methyl sites for hydroxylation is 1. The molecule has 4 rings (SSSR count). The Balaban J connectivity index is 1.49. The maximum absolute atomic E-state index is 15.0. The van der Waals surface area contributed by atoms with Crippen LogP contribution in [0.3, 0.4) is 0 Å². The number of benzene rings is 3. The molecule has 0 heterocycles. The zero-order valence-corrected chi connectivity index (χ0v) is 19.2. The molecule has 3 aromatic rings. The standard InChI is InChI=1S/C30H31F3/c1-3-5-6-20-7-9-23(10-8-20)26-17-16-25(19-28(26)31)22-11-13-24(14-12-22)27-18-15-21(4-2)29(32)30(27)33/h3,11-20,23H,1,4-10H2,2H3. The Hall–Kier alpha value is -2.81. The average Bonchev–Trinajstić information content (AvgIpc) is 2.85.